The summed E-state index contributed by atoms with van der Waals surface area (Å²) in [6.45, 7) is 10.2. The fourth-order valence-corrected chi connectivity index (χ4v) is 2.38. The largest absolute Gasteiger partial charge is 0.371 e. The van der Waals surface area contributed by atoms with Crippen LogP contribution in [-0.2, 0) is 11.2 Å². The van der Waals surface area contributed by atoms with Gasteiger partial charge in [-0.2, -0.15) is 0 Å². The summed E-state index contributed by atoms with van der Waals surface area (Å²) in [6, 6.07) is 5.97. The monoisotopic (exact) mass is 297 g/mol. The van der Waals surface area contributed by atoms with E-state index in [-0.39, 0.29) is 0 Å². The SMILES string of the molecule is CC.CC.O=CCCc1ccc(Cl)cc1N1CCCC1. The Bertz CT molecular complexity index is 373. The van der Waals surface area contributed by atoms with Crippen LogP contribution in [0.1, 0.15) is 52.5 Å². The minimum atomic E-state index is 0.586. The van der Waals surface area contributed by atoms with Crippen LogP contribution in [0.25, 0.3) is 0 Å². The molecule has 1 fully saturated rings. The van der Waals surface area contributed by atoms with Gasteiger partial charge in [-0.15, -0.1) is 0 Å². The third-order valence-electron chi connectivity index (χ3n) is 3.03. The Balaban J connectivity index is 0.000000829. The number of carbonyl (C=O) groups is 1. The highest BCUT2D eigenvalue weighted by atomic mass is 35.5. The summed E-state index contributed by atoms with van der Waals surface area (Å²) in [5.74, 6) is 0. The summed E-state index contributed by atoms with van der Waals surface area (Å²) in [4.78, 5) is 12.8. The van der Waals surface area contributed by atoms with Crippen molar-refractivity contribution in [1.29, 1.82) is 0 Å². The molecular formula is C17H28ClNO. The van der Waals surface area contributed by atoms with Crippen LogP contribution in [0.5, 0.6) is 0 Å². The van der Waals surface area contributed by atoms with Gasteiger partial charge in [0.2, 0.25) is 0 Å². The summed E-state index contributed by atoms with van der Waals surface area (Å²) in [5.41, 5.74) is 2.45. The molecule has 0 atom stereocenters. The van der Waals surface area contributed by atoms with Gasteiger partial charge in [-0.25, -0.2) is 0 Å². The van der Waals surface area contributed by atoms with Crippen molar-refractivity contribution >= 4 is 23.6 Å². The summed E-state index contributed by atoms with van der Waals surface area (Å²) >= 11 is 6.03. The molecule has 3 heteroatoms. The molecule has 114 valence electrons. The zero-order chi connectivity index (χ0) is 15.4. The Labute approximate surface area is 129 Å². The van der Waals surface area contributed by atoms with Crippen molar-refractivity contribution in [1.82, 2.24) is 0 Å². The molecule has 0 aliphatic carbocycles. The topological polar surface area (TPSA) is 20.3 Å². The predicted octanol–water partition coefficient (Wildman–Crippen LogP) is 5.12. The molecule has 1 aliphatic heterocycles. The molecule has 1 aromatic rings. The van der Waals surface area contributed by atoms with Gasteiger partial charge in [0, 0.05) is 30.2 Å². The van der Waals surface area contributed by atoms with Gasteiger partial charge in [0.15, 0.2) is 0 Å². The van der Waals surface area contributed by atoms with Crippen LogP contribution >= 0.6 is 11.6 Å². The molecule has 0 radical (unpaired) electrons. The van der Waals surface area contributed by atoms with Gasteiger partial charge >= 0.3 is 0 Å². The van der Waals surface area contributed by atoms with Crippen LogP contribution in [0.2, 0.25) is 5.02 Å². The van der Waals surface area contributed by atoms with Crippen molar-refractivity contribution in [2.75, 3.05) is 18.0 Å². The smallest absolute Gasteiger partial charge is 0.120 e. The zero-order valence-electron chi connectivity index (χ0n) is 13.3. The number of benzene rings is 1. The van der Waals surface area contributed by atoms with E-state index < -0.39 is 0 Å². The highest BCUT2D eigenvalue weighted by Crippen LogP contribution is 2.28. The molecule has 2 nitrogen and oxygen atoms in total. The summed E-state index contributed by atoms with van der Waals surface area (Å²) < 4.78 is 0. The maximum absolute atomic E-state index is 10.4. The lowest BCUT2D eigenvalue weighted by Gasteiger charge is -2.21. The Morgan fingerprint density at radius 1 is 1.15 bits per heavy atom. The number of aryl methyl sites for hydroxylation is 1. The molecule has 20 heavy (non-hydrogen) atoms. The fraction of sp³-hybridized carbons (Fsp3) is 0.588. The van der Waals surface area contributed by atoms with E-state index in [2.05, 4.69) is 4.90 Å². The van der Waals surface area contributed by atoms with Crippen LogP contribution in [-0.4, -0.2) is 19.4 Å². The van der Waals surface area contributed by atoms with E-state index in [0.717, 1.165) is 30.8 Å². The van der Waals surface area contributed by atoms with Crippen molar-refractivity contribution in [2.24, 2.45) is 0 Å². The Hall–Kier alpha value is -1.02. The van der Waals surface area contributed by atoms with Crippen molar-refractivity contribution in [3.05, 3.63) is 28.8 Å². The van der Waals surface area contributed by atoms with E-state index in [1.165, 1.54) is 24.1 Å². The molecule has 1 aromatic carbocycles. The van der Waals surface area contributed by atoms with Crippen LogP contribution < -0.4 is 4.90 Å². The number of aldehydes is 1. The number of hydrogen-bond acceptors (Lipinski definition) is 2. The molecule has 2 rings (SSSR count). The van der Waals surface area contributed by atoms with Crippen LogP contribution in [0.15, 0.2) is 18.2 Å². The summed E-state index contributed by atoms with van der Waals surface area (Å²) in [7, 11) is 0. The first-order valence-electron chi connectivity index (χ1n) is 7.78. The molecule has 1 aliphatic rings. The van der Waals surface area contributed by atoms with Crippen molar-refractivity contribution in [2.45, 2.75) is 53.4 Å². The third kappa shape index (κ3) is 5.96. The van der Waals surface area contributed by atoms with Gasteiger partial charge in [0.1, 0.15) is 6.29 Å². The molecule has 0 spiro atoms. The summed E-state index contributed by atoms with van der Waals surface area (Å²) in [6.07, 6.45) is 4.87. The first-order chi connectivity index (χ1) is 9.81. The first-order valence-corrected chi connectivity index (χ1v) is 8.16. The van der Waals surface area contributed by atoms with Crippen LogP contribution in [0.3, 0.4) is 0 Å². The average Bonchev–Trinajstić information content (AvgIpc) is 3.04. The van der Waals surface area contributed by atoms with E-state index in [1.807, 2.05) is 45.9 Å². The molecule has 0 aromatic heterocycles. The minimum Gasteiger partial charge on any atom is -0.371 e. The van der Waals surface area contributed by atoms with E-state index >= 15 is 0 Å². The molecule has 1 heterocycles. The van der Waals surface area contributed by atoms with Gasteiger partial charge in [-0.3, -0.25) is 0 Å². The van der Waals surface area contributed by atoms with Gasteiger partial charge in [-0.05, 0) is 37.0 Å². The van der Waals surface area contributed by atoms with Gasteiger partial charge in [0.25, 0.3) is 0 Å². The lowest BCUT2D eigenvalue weighted by molar-refractivity contribution is -0.107. The highest BCUT2D eigenvalue weighted by Gasteiger charge is 2.15. The second-order valence-corrected chi connectivity index (χ2v) is 4.61. The second kappa shape index (κ2) is 11.8. The molecular weight excluding hydrogens is 270 g/mol. The highest BCUT2D eigenvalue weighted by molar-refractivity contribution is 6.30. The maximum atomic E-state index is 10.4. The standard InChI is InChI=1S/C13H16ClNO.2C2H6/c14-12-6-5-11(4-3-9-16)13(10-12)15-7-1-2-8-15;2*1-2/h5-6,9-10H,1-4,7-8H2;2*1-2H3. The van der Waals surface area contributed by atoms with E-state index in [0.29, 0.717) is 6.42 Å². The van der Waals surface area contributed by atoms with Crippen molar-refractivity contribution in [3.63, 3.8) is 0 Å². The Kier molecular flexibility index (Phi) is 11.2. The van der Waals surface area contributed by atoms with E-state index in [1.54, 1.807) is 0 Å². The first kappa shape index (κ1) is 19.0. The minimum absolute atomic E-state index is 0.586. The zero-order valence-corrected chi connectivity index (χ0v) is 14.0. The number of halogens is 1. The molecule has 1 saturated heterocycles. The average molecular weight is 298 g/mol. The number of anilines is 1. The quantitative estimate of drug-likeness (QED) is 0.719. The van der Waals surface area contributed by atoms with Crippen molar-refractivity contribution in [3.8, 4) is 0 Å². The fourth-order valence-electron chi connectivity index (χ4n) is 2.22. The van der Waals surface area contributed by atoms with E-state index in [4.69, 9.17) is 11.6 Å². The lowest BCUT2D eigenvalue weighted by atomic mass is 10.1. The number of rotatable bonds is 4. The maximum Gasteiger partial charge on any atom is 0.120 e. The Morgan fingerprint density at radius 2 is 1.75 bits per heavy atom. The summed E-state index contributed by atoms with van der Waals surface area (Å²) in [5, 5.41) is 0.775. The number of hydrogen-bond donors (Lipinski definition) is 0. The number of nitrogens with zero attached hydrogens (tertiary/aromatic N) is 1. The van der Waals surface area contributed by atoms with Crippen molar-refractivity contribution < 1.29 is 4.79 Å². The molecule has 0 amide bonds. The van der Waals surface area contributed by atoms with Gasteiger partial charge in [-0.1, -0.05) is 45.4 Å². The second-order valence-electron chi connectivity index (χ2n) is 4.17. The molecule has 0 saturated carbocycles. The van der Waals surface area contributed by atoms with E-state index in [9.17, 15) is 4.79 Å². The predicted molar refractivity (Wildman–Crippen MR) is 90.0 cm³/mol. The Morgan fingerprint density at radius 3 is 2.30 bits per heavy atom. The molecule has 0 bridgehead atoms. The molecule has 0 unspecified atom stereocenters. The van der Waals surface area contributed by atoms with Crippen LogP contribution in [0, 0.1) is 0 Å². The molecule has 0 N–H and O–H groups in total. The normalized spacial score (nSPS) is 12.9. The number of carbonyl (C=O) groups excluding carboxylic acids is 1. The van der Waals surface area contributed by atoms with Gasteiger partial charge < -0.3 is 9.69 Å². The lowest BCUT2D eigenvalue weighted by Crippen LogP contribution is -2.19. The van der Waals surface area contributed by atoms with Crippen LogP contribution in [0.4, 0.5) is 5.69 Å². The van der Waals surface area contributed by atoms with Gasteiger partial charge in [0.05, 0.1) is 0 Å². The third-order valence-corrected chi connectivity index (χ3v) is 3.26.